The van der Waals surface area contributed by atoms with Crippen LogP contribution in [0.5, 0.6) is 0 Å². The zero-order chi connectivity index (χ0) is 14.7. The molecule has 0 aliphatic heterocycles. The van der Waals surface area contributed by atoms with Gasteiger partial charge in [-0.15, -0.1) is 30.6 Å². The molecule has 0 aliphatic rings. The first-order valence-electron chi connectivity index (χ1n) is 6.83. The van der Waals surface area contributed by atoms with Crippen molar-refractivity contribution in [3.8, 4) is 0 Å². The first-order chi connectivity index (χ1) is 9.01. The Morgan fingerprint density at radius 1 is 1.45 bits per heavy atom. The first-order valence-corrected chi connectivity index (χ1v) is 6.83. The van der Waals surface area contributed by atoms with Gasteiger partial charge in [0, 0.05) is 39.6 Å². The first kappa shape index (κ1) is 21.5. The van der Waals surface area contributed by atoms with Gasteiger partial charge in [0.25, 0.3) is 0 Å². The van der Waals surface area contributed by atoms with E-state index >= 15 is 0 Å². The lowest BCUT2D eigenvalue weighted by atomic mass is 10.3. The molecule has 0 saturated heterocycles. The van der Waals surface area contributed by atoms with E-state index in [2.05, 4.69) is 27.1 Å². The largest absolute Gasteiger partial charge is 0.356 e. The number of carbonyl (C=O) groups excluding carboxylic acids is 1. The topological polar surface area (TPSA) is 56.7 Å². The van der Waals surface area contributed by atoms with E-state index in [0.717, 1.165) is 25.3 Å². The highest BCUT2D eigenvalue weighted by molar-refractivity contribution is 14.0. The van der Waals surface area contributed by atoms with Crippen LogP contribution in [0, 0.1) is 0 Å². The predicted octanol–water partition coefficient (Wildman–Crippen LogP) is 1.99. The van der Waals surface area contributed by atoms with Crippen molar-refractivity contribution in [1.29, 1.82) is 0 Å². The van der Waals surface area contributed by atoms with Gasteiger partial charge in [-0.05, 0) is 26.7 Å². The van der Waals surface area contributed by atoms with Gasteiger partial charge in [-0.25, -0.2) is 0 Å². The standard InChI is InChI=1S/C14H28N4O.HI/c1-6-7-8-11-18(5)14(15-4)16-10-9-13(19)17-12(2)3;/h6,12H,1,7-11H2,2-5H3,(H,15,16)(H,17,19);1H. The van der Waals surface area contributed by atoms with E-state index in [1.165, 1.54) is 0 Å². The van der Waals surface area contributed by atoms with Crippen LogP contribution in [0.2, 0.25) is 0 Å². The number of hydrogen-bond donors (Lipinski definition) is 2. The summed E-state index contributed by atoms with van der Waals surface area (Å²) in [7, 11) is 3.74. The summed E-state index contributed by atoms with van der Waals surface area (Å²) in [6.45, 7) is 9.13. The smallest absolute Gasteiger partial charge is 0.221 e. The molecule has 5 nitrogen and oxygen atoms in total. The monoisotopic (exact) mass is 396 g/mol. The Balaban J connectivity index is 0. The van der Waals surface area contributed by atoms with Gasteiger partial charge in [-0.2, -0.15) is 0 Å². The van der Waals surface area contributed by atoms with E-state index in [-0.39, 0.29) is 35.9 Å². The minimum atomic E-state index is 0. The van der Waals surface area contributed by atoms with E-state index < -0.39 is 0 Å². The second-order valence-corrected chi connectivity index (χ2v) is 4.80. The molecule has 118 valence electrons. The van der Waals surface area contributed by atoms with Gasteiger partial charge in [0.1, 0.15) is 0 Å². The summed E-state index contributed by atoms with van der Waals surface area (Å²) >= 11 is 0. The van der Waals surface area contributed by atoms with Crippen LogP contribution in [-0.2, 0) is 4.79 Å². The number of guanidine groups is 1. The zero-order valence-electron chi connectivity index (χ0n) is 13.1. The lowest BCUT2D eigenvalue weighted by Gasteiger charge is -2.21. The molecular weight excluding hydrogens is 367 g/mol. The van der Waals surface area contributed by atoms with Crippen molar-refractivity contribution in [1.82, 2.24) is 15.5 Å². The highest BCUT2D eigenvalue weighted by Crippen LogP contribution is 1.94. The van der Waals surface area contributed by atoms with Gasteiger partial charge in [0.2, 0.25) is 5.91 Å². The molecule has 0 radical (unpaired) electrons. The number of amides is 1. The number of hydrogen-bond acceptors (Lipinski definition) is 2. The quantitative estimate of drug-likeness (QED) is 0.217. The van der Waals surface area contributed by atoms with E-state index in [1.807, 2.05) is 27.0 Å². The third-order valence-corrected chi connectivity index (χ3v) is 2.56. The molecule has 0 rings (SSSR count). The van der Waals surface area contributed by atoms with Crippen LogP contribution in [0.15, 0.2) is 17.6 Å². The highest BCUT2D eigenvalue weighted by atomic mass is 127. The molecule has 6 heteroatoms. The van der Waals surface area contributed by atoms with Gasteiger partial charge in [0.05, 0.1) is 0 Å². The normalized spacial score (nSPS) is 10.8. The van der Waals surface area contributed by atoms with Crippen molar-refractivity contribution < 1.29 is 4.79 Å². The number of allylic oxidation sites excluding steroid dienone is 1. The van der Waals surface area contributed by atoms with Crippen LogP contribution in [0.1, 0.15) is 33.1 Å². The fourth-order valence-electron chi connectivity index (χ4n) is 1.65. The number of nitrogens with one attached hydrogen (secondary N) is 2. The molecule has 0 aliphatic carbocycles. The van der Waals surface area contributed by atoms with Crippen LogP contribution < -0.4 is 10.6 Å². The average Bonchev–Trinajstić information content (AvgIpc) is 2.33. The van der Waals surface area contributed by atoms with E-state index in [0.29, 0.717) is 13.0 Å². The zero-order valence-corrected chi connectivity index (χ0v) is 15.4. The summed E-state index contributed by atoms with van der Waals surface area (Å²) in [5.41, 5.74) is 0. The van der Waals surface area contributed by atoms with Gasteiger partial charge in [0.15, 0.2) is 5.96 Å². The van der Waals surface area contributed by atoms with Gasteiger partial charge in [-0.3, -0.25) is 9.79 Å². The number of halogens is 1. The summed E-state index contributed by atoms with van der Waals surface area (Å²) in [6.07, 6.45) is 4.42. The van der Waals surface area contributed by atoms with Crippen molar-refractivity contribution in [3.63, 3.8) is 0 Å². The predicted molar refractivity (Wildman–Crippen MR) is 96.7 cm³/mol. The van der Waals surface area contributed by atoms with Crippen molar-refractivity contribution in [2.75, 3.05) is 27.2 Å². The number of aliphatic imine (C=N–C) groups is 1. The van der Waals surface area contributed by atoms with E-state index in [4.69, 9.17) is 0 Å². The van der Waals surface area contributed by atoms with E-state index in [9.17, 15) is 4.79 Å². The minimum Gasteiger partial charge on any atom is -0.356 e. The molecule has 0 fully saturated rings. The molecule has 1 amide bonds. The number of rotatable bonds is 8. The highest BCUT2D eigenvalue weighted by Gasteiger charge is 2.06. The third-order valence-electron chi connectivity index (χ3n) is 2.56. The second-order valence-electron chi connectivity index (χ2n) is 4.80. The fourth-order valence-corrected chi connectivity index (χ4v) is 1.65. The molecule has 0 atom stereocenters. The lowest BCUT2D eigenvalue weighted by Crippen LogP contribution is -2.41. The Hall–Kier alpha value is -0.790. The molecule has 0 heterocycles. The summed E-state index contributed by atoms with van der Waals surface area (Å²) in [5.74, 6) is 0.883. The molecule has 0 aromatic rings. The maximum atomic E-state index is 11.5. The Labute approximate surface area is 140 Å². The van der Waals surface area contributed by atoms with Gasteiger partial charge < -0.3 is 15.5 Å². The Morgan fingerprint density at radius 2 is 2.10 bits per heavy atom. The summed E-state index contributed by atoms with van der Waals surface area (Å²) in [4.78, 5) is 17.7. The van der Waals surface area contributed by atoms with Crippen LogP contribution in [0.25, 0.3) is 0 Å². The third kappa shape index (κ3) is 11.1. The number of unbranched alkanes of at least 4 members (excludes halogenated alkanes) is 1. The summed E-state index contributed by atoms with van der Waals surface area (Å²) in [5, 5.41) is 6.05. The molecule has 0 unspecified atom stereocenters. The van der Waals surface area contributed by atoms with Gasteiger partial charge in [-0.1, -0.05) is 6.08 Å². The molecule has 0 bridgehead atoms. The number of carbonyl (C=O) groups is 1. The number of nitrogens with zero attached hydrogens (tertiary/aromatic N) is 2. The molecule has 0 saturated carbocycles. The Morgan fingerprint density at radius 3 is 2.60 bits per heavy atom. The van der Waals surface area contributed by atoms with Crippen molar-refractivity contribution >= 4 is 35.8 Å². The maximum Gasteiger partial charge on any atom is 0.221 e. The minimum absolute atomic E-state index is 0. The Bertz CT molecular complexity index is 306. The Kier molecular flexibility index (Phi) is 14.2. The van der Waals surface area contributed by atoms with E-state index in [1.54, 1.807) is 7.05 Å². The molecule has 2 N–H and O–H groups in total. The van der Waals surface area contributed by atoms with Crippen LogP contribution >= 0.6 is 24.0 Å². The molecule has 0 aromatic heterocycles. The maximum absolute atomic E-state index is 11.5. The van der Waals surface area contributed by atoms with Crippen molar-refractivity contribution in [3.05, 3.63) is 12.7 Å². The second kappa shape index (κ2) is 13.2. The van der Waals surface area contributed by atoms with Crippen LogP contribution in [0.3, 0.4) is 0 Å². The summed E-state index contributed by atoms with van der Waals surface area (Å²) in [6, 6.07) is 0.188. The average molecular weight is 396 g/mol. The molecule has 0 spiro atoms. The van der Waals surface area contributed by atoms with Crippen molar-refractivity contribution in [2.24, 2.45) is 4.99 Å². The van der Waals surface area contributed by atoms with Crippen molar-refractivity contribution in [2.45, 2.75) is 39.2 Å². The fraction of sp³-hybridized carbons (Fsp3) is 0.714. The van der Waals surface area contributed by atoms with Crippen LogP contribution in [0.4, 0.5) is 0 Å². The van der Waals surface area contributed by atoms with Gasteiger partial charge >= 0.3 is 0 Å². The molecular formula is C14H29IN4O. The summed E-state index contributed by atoms with van der Waals surface area (Å²) < 4.78 is 0. The molecule has 0 aromatic carbocycles. The SMILES string of the molecule is C=CCCCN(C)C(=NC)NCCC(=O)NC(C)C.I. The molecule has 20 heavy (non-hydrogen) atoms. The lowest BCUT2D eigenvalue weighted by molar-refractivity contribution is -0.121. The van der Waals surface area contributed by atoms with Crippen LogP contribution in [-0.4, -0.2) is 50.0 Å².